The van der Waals surface area contributed by atoms with E-state index in [0.29, 0.717) is 12.1 Å². The molecule has 0 bridgehead atoms. The maximum absolute atomic E-state index is 11.9. The summed E-state index contributed by atoms with van der Waals surface area (Å²) in [6, 6.07) is 1.69. The lowest BCUT2D eigenvalue weighted by atomic mass is 9.93. The van der Waals surface area contributed by atoms with Crippen LogP contribution in [0, 0.1) is 5.92 Å². The van der Waals surface area contributed by atoms with E-state index in [1.807, 2.05) is 0 Å². The molecule has 1 aliphatic heterocycles. The van der Waals surface area contributed by atoms with Crippen LogP contribution in [0.1, 0.15) is 44.0 Å². The van der Waals surface area contributed by atoms with Crippen LogP contribution in [0.3, 0.4) is 0 Å². The molecule has 0 radical (unpaired) electrons. The number of furan rings is 1. The highest BCUT2D eigenvalue weighted by Crippen LogP contribution is 2.23. The molecule has 2 heterocycles. The van der Waals surface area contributed by atoms with E-state index in [9.17, 15) is 4.79 Å². The van der Waals surface area contributed by atoms with Gasteiger partial charge in [-0.25, -0.2) is 0 Å². The number of piperidine rings is 1. The van der Waals surface area contributed by atoms with Crippen molar-refractivity contribution in [2.75, 3.05) is 19.6 Å². The molecule has 1 aromatic rings. The van der Waals surface area contributed by atoms with E-state index in [1.165, 1.54) is 25.4 Å². The number of amides is 1. The van der Waals surface area contributed by atoms with Crippen LogP contribution in [0.15, 0.2) is 23.0 Å². The average molecular weight is 264 g/mol. The van der Waals surface area contributed by atoms with Gasteiger partial charge in [0.25, 0.3) is 5.91 Å². The van der Waals surface area contributed by atoms with Gasteiger partial charge in [-0.3, -0.25) is 9.69 Å². The third kappa shape index (κ3) is 3.60. The van der Waals surface area contributed by atoms with Crippen LogP contribution < -0.4 is 5.32 Å². The van der Waals surface area contributed by atoms with Crippen LogP contribution in [0.25, 0.3) is 0 Å². The van der Waals surface area contributed by atoms with E-state index in [-0.39, 0.29) is 11.4 Å². The number of rotatable bonds is 4. The predicted molar refractivity (Wildman–Crippen MR) is 75.1 cm³/mol. The zero-order valence-electron chi connectivity index (χ0n) is 12.1. The van der Waals surface area contributed by atoms with E-state index in [1.54, 1.807) is 6.07 Å². The SMILES string of the molecule is CC1CCCN(C(C)(C)CNC(=O)c2ccoc2)C1. The Morgan fingerprint density at radius 2 is 2.37 bits per heavy atom. The second-order valence-electron chi connectivity index (χ2n) is 6.20. The molecule has 1 atom stereocenters. The third-order valence-corrected chi connectivity index (χ3v) is 3.98. The summed E-state index contributed by atoms with van der Waals surface area (Å²) in [5.41, 5.74) is 0.580. The quantitative estimate of drug-likeness (QED) is 0.909. The second-order valence-corrected chi connectivity index (χ2v) is 6.20. The highest BCUT2D eigenvalue weighted by Gasteiger charge is 2.30. The molecule has 2 rings (SSSR count). The number of hydrogen-bond donors (Lipinski definition) is 1. The first kappa shape index (κ1) is 14.1. The van der Waals surface area contributed by atoms with Gasteiger partial charge in [0.2, 0.25) is 0 Å². The molecule has 4 heteroatoms. The molecule has 4 nitrogen and oxygen atoms in total. The van der Waals surface area contributed by atoms with Gasteiger partial charge in [0.05, 0.1) is 11.8 Å². The molecule has 106 valence electrons. The molecule has 1 saturated heterocycles. The van der Waals surface area contributed by atoms with Crippen molar-refractivity contribution < 1.29 is 9.21 Å². The van der Waals surface area contributed by atoms with Crippen molar-refractivity contribution in [3.05, 3.63) is 24.2 Å². The zero-order chi connectivity index (χ0) is 13.9. The maximum atomic E-state index is 11.9. The third-order valence-electron chi connectivity index (χ3n) is 3.98. The highest BCUT2D eigenvalue weighted by molar-refractivity contribution is 5.93. The largest absolute Gasteiger partial charge is 0.472 e. The summed E-state index contributed by atoms with van der Waals surface area (Å²) in [7, 11) is 0. The Bertz CT molecular complexity index is 412. The van der Waals surface area contributed by atoms with Gasteiger partial charge in [0.1, 0.15) is 6.26 Å². The molecular weight excluding hydrogens is 240 g/mol. The zero-order valence-corrected chi connectivity index (χ0v) is 12.1. The lowest BCUT2D eigenvalue weighted by Crippen LogP contribution is -2.54. The van der Waals surface area contributed by atoms with E-state index in [2.05, 4.69) is 31.0 Å². The lowest BCUT2D eigenvalue weighted by Gasteiger charge is -2.43. The molecule has 1 unspecified atom stereocenters. The monoisotopic (exact) mass is 264 g/mol. The van der Waals surface area contributed by atoms with Gasteiger partial charge in [-0.15, -0.1) is 0 Å². The van der Waals surface area contributed by atoms with Crippen LogP contribution in [-0.2, 0) is 0 Å². The molecule has 0 aliphatic carbocycles. The molecule has 1 aromatic heterocycles. The van der Waals surface area contributed by atoms with Crippen LogP contribution in [0.2, 0.25) is 0 Å². The summed E-state index contributed by atoms with van der Waals surface area (Å²) in [6.07, 6.45) is 5.56. The molecular formula is C15H24N2O2. The molecule has 19 heavy (non-hydrogen) atoms. The van der Waals surface area contributed by atoms with Gasteiger partial charge < -0.3 is 9.73 Å². The summed E-state index contributed by atoms with van der Waals surface area (Å²) < 4.78 is 4.93. The number of nitrogens with one attached hydrogen (secondary N) is 1. The molecule has 1 amide bonds. The van der Waals surface area contributed by atoms with Crippen LogP contribution in [0.4, 0.5) is 0 Å². The molecule has 0 aromatic carbocycles. The van der Waals surface area contributed by atoms with Crippen LogP contribution >= 0.6 is 0 Å². The summed E-state index contributed by atoms with van der Waals surface area (Å²) in [5.74, 6) is 0.685. The van der Waals surface area contributed by atoms with Gasteiger partial charge >= 0.3 is 0 Å². The lowest BCUT2D eigenvalue weighted by molar-refractivity contribution is 0.0657. The topological polar surface area (TPSA) is 45.5 Å². The Morgan fingerprint density at radius 1 is 1.58 bits per heavy atom. The number of carbonyl (C=O) groups excluding carboxylic acids is 1. The van der Waals surface area contributed by atoms with Crippen molar-refractivity contribution >= 4 is 5.91 Å². The summed E-state index contributed by atoms with van der Waals surface area (Å²) in [5, 5.41) is 3.00. The minimum Gasteiger partial charge on any atom is -0.472 e. The van der Waals surface area contributed by atoms with Crippen molar-refractivity contribution in [1.29, 1.82) is 0 Å². The van der Waals surface area contributed by atoms with Crippen molar-refractivity contribution in [1.82, 2.24) is 10.2 Å². The number of nitrogens with zero attached hydrogens (tertiary/aromatic N) is 1. The smallest absolute Gasteiger partial charge is 0.254 e. The predicted octanol–water partition coefficient (Wildman–Crippen LogP) is 2.52. The van der Waals surface area contributed by atoms with E-state index >= 15 is 0 Å². The number of carbonyl (C=O) groups is 1. The Kier molecular flexibility index (Phi) is 4.30. The fourth-order valence-electron chi connectivity index (χ4n) is 2.64. The minimum absolute atomic E-state index is 0.00588. The van der Waals surface area contributed by atoms with Gasteiger partial charge in [0, 0.05) is 18.6 Å². The summed E-state index contributed by atoms with van der Waals surface area (Å²) >= 11 is 0. The van der Waals surface area contributed by atoms with Gasteiger partial charge in [-0.2, -0.15) is 0 Å². The molecule has 1 N–H and O–H groups in total. The van der Waals surface area contributed by atoms with Gasteiger partial charge in [-0.05, 0) is 45.2 Å². The number of hydrogen-bond acceptors (Lipinski definition) is 3. The maximum Gasteiger partial charge on any atom is 0.254 e. The molecule has 1 fully saturated rings. The second kappa shape index (κ2) is 5.78. The fourth-order valence-corrected chi connectivity index (χ4v) is 2.64. The Morgan fingerprint density at radius 3 is 3.00 bits per heavy atom. The van der Waals surface area contributed by atoms with E-state index in [4.69, 9.17) is 4.42 Å². The van der Waals surface area contributed by atoms with E-state index < -0.39 is 0 Å². The molecule has 0 saturated carbocycles. The van der Waals surface area contributed by atoms with Gasteiger partial charge in [-0.1, -0.05) is 6.92 Å². The van der Waals surface area contributed by atoms with Gasteiger partial charge in [0.15, 0.2) is 0 Å². The van der Waals surface area contributed by atoms with Crippen molar-refractivity contribution in [3.8, 4) is 0 Å². The summed E-state index contributed by atoms with van der Waals surface area (Å²) in [6.45, 7) is 9.59. The molecule has 0 spiro atoms. The highest BCUT2D eigenvalue weighted by atomic mass is 16.3. The Labute approximate surface area is 115 Å². The minimum atomic E-state index is -0.0631. The van der Waals surface area contributed by atoms with Crippen LogP contribution in [-0.4, -0.2) is 36.0 Å². The van der Waals surface area contributed by atoms with Crippen molar-refractivity contribution in [2.45, 2.75) is 39.2 Å². The van der Waals surface area contributed by atoms with Crippen molar-refractivity contribution in [2.24, 2.45) is 5.92 Å². The normalized spacial score (nSPS) is 21.3. The number of likely N-dealkylation sites (tertiary alicyclic amines) is 1. The average Bonchev–Trinajstić information content (AvgIpc) is 2.90. The van der Waals surface area contributed by atoms with Crippen molar-refractivity contribution in [3.63, 3.8) is 0 Å². The molecule has 1 aliphatic rings. The van der Waals surface area contributed by atoms with Crippen LogP contribution in [0.5, 0.6) is 0 Å². The Balaban J connectivity index is 1.88. The Hall–Kier alpha value is -1.29. The first-order valence-corrected chi connectivity index (χ1v) is 7.04. The first-order chi connectivity index (χ1) is 8.99. The van der Waals surface area contributed by atoms with E-state index in [0.717, 1.165) is 19.0 Å². The fraction of sp³-hybridized carbons (Fsp3) is 0.667. The summed E-state index contributed by atoms with van der Waals surface area (Å²) in [4.78, 5) is 14.4. The first-order valence-electron chi connectivity index (χ1n) is 7.04. The standard InChI is InChI=1S/C15H24N2O2/c1-12-5-4-7-17(9-12)15(2,3)11-16-14(18)13-6-8-19-10-13/h6,8,10,12H,4-5,7,9,11H2,1-3H3,(H,16,18).